The van der Waals surface area contributed by atoms with Gasteiger partial charge in [0, 0.05) is 30.4 Å². The van der Waals surface area contributed by atoms with Crippen LogP contribution in [0.4, 0.5) is 0 Å². The van der Waals surface area contributed by atoms with E-state index in [1.54, 1.807) is 0 Å². The monoisotopic (exact) mass is 372 g/mol. The van der Waals surface area contributed by atoms with E-state index in [0.717, 1.165) is 38.2 Å². The lowest BCUT2D eigenvalue weighted by Gasteiger charge is -2.33. The van der Waals surface area contributed by atoms with Gasteiger partial charge in [0.2, 0.25) is 0 Å². The first-order chi connectivity index (χ1) is 13.7. The van der Waals surface area contributed by atoms with Gasteiger partial charge in [0.15, 0.2) is 5.78 Å². The molecular formula is C25H28N2O. The van der Waals surface area contributed by atoms with Crippen LogP contribution in [-0.4, -0.2) is 28.3 Å². The van der Waals surface area contributed by atoms with E-state index in [4.69, 9.17) is 0 Å². The van der Waals surface area contributed by atoms with Crippen LogP contribution in [0.15, 0.2) is 54.6 Å². The number of hydrogen-bond acceptors (Lipinski definition) is 2. The lowest BCUT2D eigenvalue weighted by Crippen LogP contribution is -2.34. The standard InChI is InChI=1S/C25H28N2O/c1-26-23-10-6-5-9-21(23)22-16-20(25(28)24(22)26)15-18-11-13-27(14-12-18)17-19-7-3-2-4-8-19/h2-10,18,20H,11-17H2,1H3. The number of para-hydroxylation sites is 1. The molecule has 0 saturated carbocycles. The Hall–Kier alpha value is -2.39. The van der Waals surface area contributed by atoms with Crippen LogP contribution in [0.3, 0.4) is 0 Å². The summed E-state index contributed by atoms with van der Waals surface area (Å²) in [4.78, 5) is 15.7. The van der Waals surface area contributed by atoms with Crippen LogP contribution in [0.5, 0.6) is 0 Å². The Morgan fingerprint density at radius 2 is 1.68 bits per heavy atom. The van der Waals surface area contributed by atoms with Crippen molar-refractivity contribution in [2.45, 2.75) is 32.2 Å². The molecule has 1 saturated heterocycles. The number of aryl methyl sites for hydroxylation is 1. The molecule has 3 nitrogen and oxygen atoms in total. The predicted molar refractivity (Wildman–Crippen MR) is 114 cm³/mol. The third kappa shape index (κ3) is 3.08. The average Bonchev–Trinajstić information content (AvgIpc) is 3.20. The van der Waals surface area contributed by atoms with E-state index < -0.39 is 0 Å². The summed E-state index contributed by atoms with van der Waals surface area (Å²) in [6, 6.07) is 19.2. The van der Waals surface area contributed by atoms with Crippen molar-refractivity contribution >= 4 is 16.7 Å². The molecule has 28 heavy (non-hydrogen) atoms. The fourth-order valence-electron chi connectivity index (χ4n) is 5.34. The Bertz CT molecular complexity index is 996. The number of ketones is 1. The van der Waals surface area contributed by atoms with Crippen molar-refractivity contribution in [3.63, 3.8) is 0 Å². The number of fused-ring (bicyclic) bond motifs is 3. The molecule has 3 aromatic rings. The average molecular weight is 373 g/mol. The molecule has 1 fully saturated rings. The fraction of sp³-hybridized carbons (Fsp3) is 0.400. The Balaban J connectivity index is 1.22. The SMILES string of the molecule is Cn1c2c(c3ccccc31)CC(CC1CCN(Cc3ccccc3)CC1)C2=O. The van der Waals surface area contributed by atoms with Crippen molar-refractivity contribution < 1.29 is 4.79 Å². The fourth-order valence-corrected chi connectivity index (χ4v) is 5.34. The minimum absolute atomic E-state index is 0.187. The third-order valence-corrected chi connectivity index (χ3v) is 6.84. The minimum atomic E-state index is 0.187. The van der Waals surface area contributed by atoms with E-state index in [1.165, 1.54) is 34.9 Å². The van der Waals surface area contributed by atoms with Gasteiger partial charge in [0.1, 0.15) is 0 Å². The molecule has 3 heteroatoms. The number of rotatable bonds is 4. The number of hydrogen-bond donors (Lipinski definition) is 0. The van der Waals surface area contributed by atoms with Gasteiger partial charge in [-0.3, -0.25) is 9.69 Å². The molecule has 1 aliphatic carbocycles. The second kappa shape index (κ2) is 7.21. The normalized spacial score (nSPS) is 20.8. The number of Topliss-reactive ketones (excluding diaryl/α,β-unsaturated/α-hetero) is 1. The van der Waals surface area contributed by atoms with E-state index in [9.17, 15) is 4.79 Å². The van der Waals surface area contributed by atoms with E-state index in [1.807, 2.05) is 7.05 Å². The molecule has 0 N–H and O–H groups in total. The van der Waals surface area contributed by atoms with Crippen molar-refractivity contribution in [1.29, 1.82) is 0 Å². The van der Waals surface area contributed by atoms with Crippen molar-refractivity contribution in [3.05, 3.63) is 71.4 Å². The molecule has 1 aliphatic heterocycles. The highest BCUT2D eigenvalue weighted by Gasteiger charge is 2.37. The van der Waals surface area contributed by atoms with Crippen molar-refractivity contribution in [3.8, 4) is 0 Å². The van der Waals surface area contributed by atoms with E-state index in [-0.39, 0.29) is 5.92 Å². The molecular weight excluding hydrogens is 344 g/mol. The Kier molecular flexibility index (Phi) is 4.56. The molecule has 1 atom stereocenters. The second-order valence-electron chi connectivity index (χ2n) is 8.61. The van der Waals surface area contributed by atoms with Gasteiger partial charge in [-0.05, 0) is 61.9 Å². The van der Waals surface area contributed by atoms with Crippen LogP contribution in [0.1, 0.15) is 40.9 Å². The van der Waals surface area contributed by atoms with E-state index in [2.05, 4.69) is 64.1 Å². The highest BCUT2D eigenvalue weighted by molar-refractivity contribution is 6.07. The van der Waals surface area contributed by atoms with Crippen LogP contribution in [0.2, 0.25) is 0 Å². The van der Waals surface area contributed by atoms with Crippen LogP contribution in [0, 0.1) is 11.8 Å². The summed E-state index contributed by atoms with van der Waals surface area (Å²) < 4.78 is 2.12. The zero-order valence-electron chi connectivity index (χ0n) is 16.6. The smallest absolute Gasteiger partial charge is 0.182 e. The summed E-state index contributed by atoms with van der Waals surface area (Å²) >= 11 is 0. The van der Waals surface area contributed by atoms with Gasteiger partial charge in [-0.15, -0.1) is 0 Å². The summed E-state index contributed by atoms with van der Waals surface area (Å²) in [6.45, 7) is 3.35. The highest BCUT2D eigenvalue weighted by atomic mass is 16.1. The molecule has 0 spiro atoms. The van der Waals surface area contributed by atoms with Crippen molar-refractivity contribution in [2.75, 3.05) is 13.1 Å². The molecule has 0 bridgehead atoms. The molecule has 2 aromatic carbocycles. The third-order valence-electron chi connectivity index (χ3n) is 6.84. The largest absolute Gasteiger partial charge is 0.341 e. The molecule has 144 valence electrons. The van der Waals surface area contributed by atoms with Crippen LogP contribution < -0.4 is 0 Å². The number of carbonyl (C=O) groups is 1. The molecule has 0 radical (unpaired) electrons. The maximum atomic E-state index is 13.1. The van der Waals surface area contributed by atoms with Crippen molar-refractivity contribution in [2.24, 2.45) is 18.9 Å². The summed E-state index contributed by atoms with van der Waals surface area (Å²) in [5.74, 6) is 1.24. The molecule has 2 heterocycles. The summed E-state index contributed by atoms with van der Waals surface area (Å²) in [5.41, 5.74) is 4.84. The quantitative estimate of drug-likeness (QED) is 0.655. The molecule has 1 unspecified atom stereocenters. The van der Waals surface area contributed by atoms with Gasteiger partial charge in [0.25, 0.3) is 0 Å². The number of carbonyl (C=O) groups excluding carboxylic acids is 1. The molecule has 5 rings (SSSR count). The van der Waals surface area contributed by atoms with Crippen LogP contribution in [0.25, 0.3) is 10.9 Å². The number of piperidine rings is 1. The lowest BCUT2D eigenvalue weighted by molar-refractivity contribution is 0.0889. The maximum Gasteiger partial charge on any atom is 0.182 e. The number of nitrogens with zero attached hydrogens (tertiary/aromatic N) is 2. The predicted octanol–water partition coefficient (Wildman–Crippen LogP) is 4.84. The zero-order chi connectivity index (χ0) is 19.1. The Morgan fingerprint density at radius 3 is 2.46 bits per heavy atom. The Morgan fingerprint density at radius 1 is 0.964 bits per heavy atom. The zero-order valence-corrected chi connectivity index (χ0v) is 16.6. The number of benzene rings is 2. The summed E-state index contributed by atoms with van der Waals surface area (Å²) in [6.07, 6.45) is 4.42. The summed E-state index contributed by atoms with van der Waals surface area (Å²) in [5, 5.41) is 1.27. The number of likely N-dealkylation sites (tertiary alicyclic amines) is 1. The van der Waals surface area contributed by atoms with E-state index in [0.29, 0.717) is 11.7 Å². The molecule has 0 amide bonds. The molecule has 1 aromatic heterocycles. The first-order valence-electron chi connectivity index (χ1n) is 10.6. The lowest BCUT2D eigenvalue weighted by atomic mass is 9.85. The first-order valence-corrected chi connectivity index (χ1v) is 10.6. The van der Waals surface area contributed by atoms with Crippen LogP contribution in [-0.2, 0) is 20.0 Å². The second-order valence-corrected chi connectivity index (χ2v) is 8.61. The summed E-state index contributed by atoms with van der Waals surface area (Å²) in [7, 11) is 2.05. The Labute approximate surface area is 167 Å². The highest BCUT2D eigenvalue weighted by Crippen LogP contribution is 2.38. The van der Waals surface area contributed by atoms with Crippen LogP contribution >= 0.6 is 0 Å². The number of aromatic nitrogens is 1. The van der Waals surface area contributed by atoms with Gasteiger partial charge >= 0.3 is 0 Å². The van der Waals surface area contributed by atoms with Gasteiger partial charge in [0.05, 0.1) is 5.69 Å². The van der Waals surface area contributed by atoms with E-state index >= 15 is 0 Å². The maximum absolute atomic E-state index is 13.1. The van der Waals surface area contributed by atoms with Gasteiger partial charge in [-0.25, -0.2) is 0 Å². The topological polar surface area (TPSA) is 25.2 Å². The van der Waals surface area contributed by atoms with Crippen molar-refractivity contribution in [1.82, 2.24) is 9.47 Å². The van der Waals surface area contributed by atoms with Gasteiger partial charge in [-0.1, -0.05) is 48.5 Å². The molecule has 2 aliphatic rings. The van der Waals surface area contributed by atoms with Gasteiger partial charge < -0.3 is 4.57 Å². The van der Waals surface area contributed by atoms with Gasteiger partial charge in [-0.2, -0.15) is 0 Å². The minimum Gasteiger partial charge on any atom is -0.341 e. The first kappa shape index (κ1) is 17.7.